The van der Waals surface area contributed by atoms with E-state index in [4.69, 9.17) is 10.2 Å². The molecule has 0 aliphatic heterocycles. The molecule has 0 atom stereocenters. The molecule has 1 aromatic carbocycles. The third-order valence-electron chi connectivity index (χ3n) is 2.94. The van der Waals surface area contributed by atoms with Crippen molar-refractivity contribution < 1.29 is 4.42 Å². The predicted octanol–water partition coefficient (Wildman–Crippen LogP) is 2.62. The van der Waals surface area contributed by atoms with Crippen molar-refractivity contribution in [2.75, 3.05) is 17.6 Å². The van der Waals surface area contributed by atoms with E-state index in [1.807, 2.05) is 12.1 Å². The number of hydrogen-bond donors (Lipinski definition) is 2. The van der Waals surface area contributed by atoms with Crippen LogP contribution >= 0.6 is 0 Å². The van der Waals surface area contributed by atoms with Gasteiger partial charge in [0.25, 0.3) is 6.01 Å². The maximum Gasteiger partial charge on any atom is 0.295 e. The maximum absolute atomic E-state index is 5.67. The van der Waals surface area contributed by atoms with Crippen molar-refractivity contribution in [2.45, 2.75) is 19.3 Å². The first-order chi connectivity index (χ1) is 7.81. The van der Waals surface area contributed by atoms with Crippen LogP contribution in [0.4, 0.5) is 11.7 Å². The molecule has 1 fully saturated rings. The molecule has 1 aliphatic rings. The quantitative estimate of drug-likeness (QED) is 0.773. The second kappa shape index (κ2) is 3.70. The average Bonchev–Trinajstić information content (AvgIpc) is 2.98. The van der Waals surface area contributed by atoms with E-state index in [1.54, 1.807) is 6.07 Å². The maximum atomic E-state index is 5.67. The van der Waals surface area contributed by atoms with Gasteiger partial charge in [0.1, 0.15) is 5.52 Å². The van der Waals surface area contributed by atoms with Gasteiger partial charge in [-0.15, -0.1) is 0 Å². The monoisotopic (exact) mass is 217 g/mol. The lowest BCUT2D eigenvalue weighted by atomic mass is 10.3. The van der Waals surface area contributed by atoms with Crippen molar-refractivity contribution in [3.8, 4) is 0 Å². The molecule has 3 N–H and O–H groups in total. The molecule has 0 saturated heterocycles. The van der Waals surface area contributed by atoms with Crippen molar-refractivity contribution in [2.24, 2.45) is 5.92 Å². The zero-order valence-electron chi connectivity index (χ0n) is 9.07. The van der Waals surface area contributed by atoms with Crippen LogP contribution in [0.25, 0.3) is 11.1 Å². The molecular weight excluding hydrogens is 202 g/mol. The van der Waals surface area contributed by atoms with E-state index in [1.165, 1.54) is 19.3 Å². The molecule has 1 aliphatic carbocycles. The van der Waals surface area contributed by atoms with E-state index in [0.29, 0.717) is 11.7 Å². The number of fused-ring (bicyclic) bond motifs is 1. The van der Waals surface area contributed by atoms with Crippen LogP contribution in [-0.4, -0.2) is 11.5 Å². The first-order valence-electron chi connectivity index (χ1n) is 5.71. The van der Waals surface area contributed by atoms with Crippen LogP contribution in [0.2, 0.25) is 0 Å². The topological polar surface area (TPSA) is 64.1 Å². The van der Waals surface area contributed by atoms with Crippen molar-refractivity contribution in [3.63, 3.8) is 0 Å². The molecule has 4 nitrogen and oxygen atoms in total. The molecule has 84 valence electrons. The molecule has 4 heteroatoms. The van der Waals surface area contributed by atoms with Gasteiger partial charge in [-0.1, -0.05) is 12.8 Å². The second-order valence-corrected chi connectivity index (χ2v) is 4.41. The average molecular weight is 217 g/mol. The minimum atomic E-state index is 0.598. The fraction of sp³-hybridized carbons (Fsp3) is 0.417. The van der Waals surface area contributed by atoms with Gasteiger partial charge in [0.05, 0.1) is 0 Å². The number of hydrogen-bond acceptors (Lipinski definition) is 4. The van der Waals surface area contributed by atoms with Gasteiger partial charge >= 0.3 is 0 Å². The SMILES string of the molecule is Nc1ccc2nc(NCCC3CC3)oc2c1. The number of nitrogen functional groups attached to an aromatic ring is 1. The fourth-order valence-corrected chi connectivity index (χ4v) is 1.81. The Kier molecular flexibility index (Phi) is 2.20. The third kappa shape index (κ3) is 1.96. The summed E-state index contributed by atoms with van der Waals surface area (Å²) in [6.45, 7) is 0.937. The zero-order valence-corrected chi connectivity index (χ0v) is 9.07. The molecule has 0 unspecified atom stereocenters. The second-order valence-electron chi connectivity index (χ2n) is 4.41. The Bertz CT molecular complexity index is 502. The van der Waals surface area contributed by atoms with E-state index in [0.717, 1.165) is 23.6 Å². The molecule has 1 heterocycles. The van der Waals surface area contributed by atoms with Gasteiger partial charge in [-0.3, -0.25) is 0 Å². The van der Waals surface area contributed by atoms with E-state index >= 15 is 0 Å². The van der Waals surface area contributed by atoms with Crippen molar-refractivity contribution in [3.05, 3.63) is 18.2 Å². The van der Waals surface area contributed by atoms with Crippen LogP contribution in [0.15, 0.2) is 22.6 Å². The van der Waals surface area contributed by atoms with Gasteiger partial charge in [0, 0.05) is 18.3 Å². The number of nitrogens with two attached hydrogens (primary N) is 1. The molecule has 3 rings (SSSR count). The smallest absolute Gasteiger partial charge is 0.295 e. The number of aromatic nitrogens is 1. The molecule has 2 aromatic rings. The summed E-state index contributed by atoms with van der Waals surface area (Å²) in [6, 6.07) is 6.11. The number of benzene rings is 1. The highest BCUT2D eigenvalue weighted by atomic mass is 16.4. The van der Waals surface area contributed by atoms with Gasteiger partial charge in [0.2, 0.25) is 0 Å². The minimum absolute atomic E-state index is 0.598. The van der Waals surface area contributed by atoms with Crippen LogP contribution < -0.4 is 11.1 Å². The third-order valence-corrected chi connectivity index (χ3v) is 2.94. The normalized spacial score (nSPS) is 15.5. The van der Waals surface area contributed by atoms with Gasteiger partial charge in [0.15, 0.2) is 5.58 Å². The molecule has 1 aromatic heterocycles. The summed E-state index contributed by atoms with van der Waals surface area (Å²) in [6.07, 6.45) is 3.97. The number of nitrogens with one attached hydrogen (secondary N) is 1. The largest absolute Gasteiger partial charge is 0.423 e. The summed E-state index contributed by atoms with van der Waals surface area (Å²) in [5.74, 6) is 0.924. The van der Waals surface area contributed by atoms with E-state index in [9.17, 15) is 0 Å². The first kappa shape index (κ1) is 9.51. The van der Waals surface area contributed by atoms with Crippen LogP contribution in [-0.2, 0) is 0 Å². The first-order valence-corrected chi connectivity index (χ1v) is 5.71. The number of oxazole rings is 1. The Hall–Kier alpha value is -1.71. The van der Waals surface area contributed by atoms with Crippen LogP contribution in [0.3, 0.4) is 0 Å². The Morgan fingerprint density at radius 3 is 3.12 bits per heavy atom. The zero-order chi connectivity index (χ0) is 11.0. The Labute approximate surface area is 93.8 Å². The van der Waals surface area contributed by atoms with Gasteiger partial charge in [-0.2, -0.15) is 4.98 Å². The summed E-state index contributed by atoms with van der Waals surface area (Å²) in [4.78, 5) is 4.34. The van der Waals surface area contributed by atoms with Crippen molar-refractivity contribution >= 4 is 22.8 Å². The molecule has 0 spiro atoms. The Balaban J connectivity index is 1.71. The van der Waals surface area contributed by atoms with Crippen molar-refractivity contribution in [1.82, 2.24) is 4.98 Å². The lowest BCUT2D eigenvalue weighted by Gasteiger charge is -1.98. The minimum Gasteiger partial charge on any atom is -0.423 e. The lowest BCUT2D eigenvalue weighted by molar-refractivity contribution is 0.609. The van der Waals surface area contributed by atoms with Gasteiger partial charge in [-0.05, 0) is 24.5 Å². The Morgan fingerprint density at radius 2 is 2.31 bits per heavy atom. The van der Waals surface area contributed by atoms with Crippen LogP contribution in [0.5, 0.6) is 0 Å². The summed E-state index contributed by atoms with van der Waals surface area (Å²) in [5.41, 5.74) is 7.97. The molecule has 16 heavy (non-hydrogen) atoms. The Morgan fingerprint density at radius 1 is 1.44 bits per heavy atom. The summed E-state index contributed by atoms with van der Waals surface area (Å²) in [7, 11) is 0. The predicted molar refractivity (Wildman–Crippen MR) is 64.3 cm³/mol. The number of nitrogens with zero attached hydrogens (tertiary/aromatic N) is 1. The van der Waals surface area contributed by atoms with Gasteiger partial charge < -0.3 is 15.5 Å². The summed E-state index contributed by atoms with van der Waals surface area (Å²) < 4.78 is 5.55. The van der Waals surface area contributed by atoms with E-state index in [-0.39, 0.29) is 0 Å². The van der Waals surface area contributed by atoms with Crippen LogP contribution in [0, 0.1) is 5.92 Å². The van der Waals surface area contributed by atoms with E-state index in [2.05, 4.69) is 10.3 Å². The highest BCUT2D eigenvalue weighted by Crippen LogP contribution is 2.32. The van der Waals surface area contributed by atoms with Gasteiger partial charge in [-0.25, -0.2) is 0 Å². The number of anilines is 2. The highest BCUT2D eigenvalue weighted by molar-refractivity contribution is 5.77. The molecule has 1 saturated carbocycles. The molecule has 0 amide bonds. The standard InChI is InChI=1S/C12H15N3O/c13-9-3-4-10-11(7-9)16-12(15-10)14-6-5-8-1-2-8/h3-4,7-8H,1-2,5-6,13H2,(H,14,15). The highest BCUT2D eigenvalue weighted by Gasteiger charge is 2.20. The molecular formula is C12H15N3O. The molecule has 0 radical (unpaired) electrons. The number of rotatable bonds is 4. The fourth-order valence-electron chi connectivity index (χ4n) is 1.81. The van der Waals surface area contributed by atoms with Crippen molar-refractivity contribution in [1.29, 1.82) is 0 Å². The lowest BCUT2D eigenvalue weighted by Crippen LogP contribution is -2.01. The molecule has 0 bridgehead atoms. The van der Waals surface area contributed by atoms with Crippen LogP contribution in [0.1, 0.15) is 19.3 Å². The van der Waals surface area contributed by atoms with E-state index < -0.39 is 0 Å². The summed E-state index contributed by atoms with van der Waals surface area (Å²) in [5, 5.41) is 3.21. The summed E-state index contributed by atoms with van der Waals surface area (Å²) >= 11 is 0.